The molecule has 2 aromatic heterocycles. The molecule has 0 unspecified atom stereocenters. The van der Waals surface area contributed by atoms with Gasteiger partial charge in [0.05, 0.1) is 11.1 Å². The predicted octanol–water partition coefficient (Wildman–Crippen LogP) is 5.97. The quantitative estimate of drug-likeness (QED) is 0.244. The maximum Gasteiger partial charge on any atom is 0.416 e. The lowest BCUT2D eigenvalue weighted by Crippen LogP contribution is -2.04. The van der Waals surface area contributed by atoms with Gasteiger partial charge in [-0.15, -0.1) is 0 Å². The molecule has 0 fully saturated rings. The second-order valence-electron chi connectivity index (χ2n) is 6.66. The zero-order valence-corrected chi connectivity index (χ0v) is 15.9. The van der Waals surface area contributed by atoms with Gasteiger partial charge >= 0.3 is 6.18 Å². The van der Waals surface area contributed by atoms with Crippen LogP contribution in [0.3, 0.4) is 0 Å². The second-order valence-corrected chi connectivity index (χ2v) is 6.66. The van der Waals surface area contributed by atoms with E-state index in [9.17, 15) is 22.4 Å². The molecule has 0 amide bonds. The topological polar surface area (TPSA) is 46.4 Å². The lowest BCUT2D eigenvalue weighted by atomic mass is 10.1. The van der Waals surface area contributed by atoms with Crippen LogP contribution in [-0.2, 0) is 6.18 Å². The number of imidazole rings is 1. The lowest BCUT2D eigenvalue weighted by Gasteiger charge is -2.07. The maximum atomic E-state index is 13.0. The van der Waals surface area contributed by atoms with Gasteiger partial charge in [0.1, 0.15) is 17.3 Å². The normalized spacial score (nSPS) is 11.9. The minimum absolute atomic E-state index is 0.160. The molecule has 0 aliphatic rings. The molecule has 0 aliphatic carbocycles. The fourth-order valence-electron chi connectivity index (χ4n) is 3.07. The number of nitrogens with zero attached hydrogens (tertiary/aromatic N) is 2. The van der Waals surface area contributed by atoms with Crippen LogP contribution < -0.4 is 5.32 Å². The van der Waals surface area contributed by atoms with Crippen molar-refractivity contribution in [3.63, 3.8) is 0 Å². The van der Waals surface area contributed by atoms with Crippen LogP contribution in [-0.4, -0.2) is 15.2 Å². The van der Waals surface area contributed by atoms with Crippen molar-refractivity contribution in [1.82, 2.24) is 9.38 Å². The van der Waals surface area contributed by atoms with Crippen LogP contribution in [0, 0.1) is 5.82 Å². The van der Waals surface area contributed by atoms with E-state index in [1.165, 1.54) is 48.7 Å². The Morgan fingerprint density at radius 3 is 2.35 bits per heavy atom. The summed E-state index contributed by atoms with van der Waals surface area (Å²) in [4.78, 5) is 17.1. The fourth-order valence-corrected chi connectivity index (χ4v) is 3.07. The van der Waals surface area contributed by atoms with Gasteiger partial charge in [-0.25, -0.2) is 9.37 Å². The average molecular weight is 425 g/mol. The van der Waals surface area contributed by atoms with Gasteiger partial charge in [0.2, 0.25) is 5.78 Å². The molecule has 0 bridgehead atoms. The number of rotatable bonds is 5. The maximum absolute atomic E-state index is 13.0. The van der Waals surface area contributed by atoms with E-state index in [4.69, 9.17) is 0 Å². The Kier molecular flexibility index (Phi) is 5.29. The average Bonchev–Trinajstić information content (AvgIpc) is 3.14. The third-order valence-electron chi connectivity index (χ3n) is 4.58. The number of allylic oxidation sites excluding steroid dienone is 1. The van der Waals surface area contributed by atoms with E-state index in [2.05, 4.69) is 10.3 Å². The molecule has 1 N–H and O–H groups in total. The first kappa shape index (κ1) is 20.3. The number of pyridine rings is 1. The highest BCUT2D eigenvalue weighted by Gasteiger charge is 2.30. The van der Waals surface area contributed by atoms with Crippen LogP contribution in [0.2, 0.25) is 0 Å². The van der Waals surface area contributed by atoms with Gasteiger partial charge in [0.15, 0.2) is 0 Å². The molecule has 0 saturated carbocycles. The summed E-state index contributed by atoms with van der Waals surface area (Å²) in [6.45, 7) is 0. The first-order valence-electron chi connectivity index (χ1n) is 9.20. The number of hydrogen-bond acceptors (Lipinski definition) is 3. The molecule has 4 rings (SSSR count). The van der Waals surface area contributed by atoms with Gasteiger partial charge in [-0.2, -0.15) is 13.2 Å². The number of fused-ring (bicyclic) bond motifs is 1. The highest BCUT2D eigenvalue weighted by molar-refractivity contribution is 6.08. The summed E-state index contributed by atoms with van der Waals surface area (Å²) < 4.78 is 53.2. The highest BCUT2D eigenvalue weighted by Crippen LogP contribution is 2.31. The van der Waals surface area contributed by atoms with Gasteiger partial charge in [-0.05, 0) is 48.5 Å². The van der Waals surface area contributed by atoms with E-state index in [0.29, 0.717) is 22.6 Å². The Labute approximate surface area is 174 Å². The van der Waals surface area contributed by atoms with E-state index in [-0.39, 0.29) is 11.5 Å². The van der Waals surface area contributed by atoms with Gasteiger partial charge in [-0.1, -0.05) is 18.2 Å². The summed E-state index contributed by atoms with van der Waals surface area (Å²) in [5, 5.41) is 2.87. The summed E-state index contributed by atoms with van der Waals surface area (Å²) in [5.74, 6) is -0.407. The van der Waals surface area contributed by atoms with Crippen molar-refractivity contribution in [2.24, 2.45) is 0 Å². The van der Waals surface area contributed by atoms with E-state index in [1.54, 1.807) is 28.8 Å². The van der Waals surface area contributed by atoms with Crippen LogP contribution in [0.15, 0.2) is 85.2 Å². The van der Waals surface area contributed by atoms with Gasteiger partial charge in [0, 0.05) is 29.7 Å². The Bertz CT molecular complexity index is 1260. The Hall–Kier alpha value is -3.94. The molecule has 4 aromatic rings. The monoisotopic (exact) mass is 425 g/mol. The molecule has 0 radical (unpaired) electrons. The number of alkyl halides is 3. The number of ketones is 1. The van der Waals surface area contributed by atoms with Gasteiger partial charge < -0.3 is 5.32 Å². The summed E-state index contributed by atoms with van der Waals surface area (Å²) in [7, 11) is 0. The molecule has 0 aliphatic heterocycles. The molecule has 8 heteroatoms. The van der Waals surface area contributed by atoms with Crippen molar-refractivity contribution in [2.45, 2.75) is 6.18 Å². The van der Waals surface area contributed by atoms with Crippen molar-refractivity contribution < 1.29 is 22.4 Å². The van der Waals surface area contributed by atoms with Crippen molar-refractivity contribution in [3.05, 3.63) is 102 Å². The Balaban J connectivity index is 1.64. The lowest BCUT2D eigenvalue weighted by molar-refractivity contribution is -0.137. The minimum atomic E-state index is -4.43. The fraction of sp³-hybridized carbons (Fsp3) is 0.0435. The molecule has 31 heavy (non-hydrogen) atoms. The highest BCUT2D eigenvalue weighted by atomic mass is 19.4. The number of benzene rings is 2. The van der Waals surface area contributed by atoms with Crippen molar-refractivity contribution >= 4 is 17.0 Å². The zero-order chi connectivity index (χ0) is 22.0. The number of nitrogens with one attached hydrogen (secondary N) is 1. The smallest absolute Gasteiger partial charge is 0.362 e. The van der Waals surface area contributed by atoms with Crippen LogP contribution in [0.5, 0.6) is 0 Å². The SMILES string of the molecule is O=C(/C=C\Nc1ccc(F)cc1)c1nc(-c2ccc(C(F)(F)F)cc2)n2ccccc12. The van der Waals surface area contributed by atoms with Gasteiger partial charge in [-0.3, -0.25) is 9.20 Å². The summed E-state index contributed by atoms with van der Waals surface area (Å²) in [6, 6.07) is 15.4. The third kappa shape index (κ3) is 4.32. The second kappa shape index (κ2) is 8.06. The number of carbonyl (C=O) groups is 1. The number of halogens is 4. The standard InChI is InChI=1S/C23H15F4N3O/c24-17-8-10-18(11-9-17)28-13-12-20(31)21-19-3-1-2-14-30(19)22(29-21)15-4-6-16(7-5-15)23(25,26)27/h1-14,28H/b13-12-. The molecule has 2 heterocycles. The molecule has 2 aromatic carbocycles. The van der Waals surface area contributed by atoms with Crippen LogP contribution in [0.1, 0.15) is 16.1 Å². The Morgan fingerprint density at radius 2 is 1.68 bits per heavy atom. The van der Waals surface area contributed by atoms with Crippen molar-refractivity contribution in [2.75, 3.05) is 5.32 Å². The van der Waals surface area contributed by atoms with Crippen molar-refractivity contribution in [1.29, 1.82) is 0 Å². The predicted molar refractivity (Wildman–Crippen MR) is 109 cm³/mol. The molecular weight excluding hydrogens is 410 g/mol. The summed E-state index contributed by atoms with van der Waals surface area (Å²) >= 11 is 0. The van der Waals surface area contributed by atoms with Crippen LogP contribution in [0.25, 0.3) is 16.9 Å². The molecule has 4 nitrogen and oxygen atoms in total. The van der Waals surface area contributed by atoms with Crippen LogP contribution in [0.4, 0.5) is 23.2 Å². The van der Waals surface area contributed by atoms with E-state index >= 15 is 0 Å². The van der Waals surface area contributed by atoms with Gasteiger partial charge in [0.25, 0.3) is 0 Å². The number of hydrogen-bond donors (Lipinski definition) is 1. The first-order chi connectivity index (χ1) is 14.8. The number of carbonyl (C=O) groups excluding carboxylic acids is 1. The first-order valence-corrected chi connectivity index (χ1v) is 9.20. The van der Waals surface area contributed by atoms with Crippen LogP contribution >= 0.6 is 0 Å². The molecule has 0 spiro atoms. The minimum Gasteiger partial charge on any atom is -0.362 e. The number of aromatic nitrogens is 2. The molecule has 0 atom stereocenters. The zero-order valence-electron chi connectivity index (χ0n) is 15.9. The van der Waals surface area contributed by atoms with E-state index in [0.717, 1.165) is 12.1 Å². The largest absolute Gasteiger partial charge is 0.416 e. The molecular formula is C23H15F4N3O. The summed E-state index contributed by atoms with van der Waals surface area (Å²) in [6.07, 6.45) is -0.0417. The molecule has 0 saturated heterocycles. The number of anilines is 1. The summed E-state index contributed by atoms with van der Waals surface area (Å²) in [5.41, 5.74) is 0.969. The van der Waals surface area contributed by atoms with Crippen molar-refractivity contribution in [3.8, 4) is 11.4 Å². The van der Waals surface area contributed by atoms with E-state index < -0.39 is 17.5 Å². The Morgan fingerprint density at radius 1 is 0.968 bits per heavy atom. The third-order valence-corrected chi connectivity index (χ3v) is 4.58. The molecule has 156 valence electrons. The van der Waals surface area contributed by atoms with E-state index in [1.807, 2.05) is 0 Å².